The first-order valence-corrected chi connectivity index (χ1v) is 6.03. The van der Waals surface area contributed by atoms with Crippen molar-refractivity contribution in [3.05, 3.63) is 0 Å². The van der Waals surface area contributed by atoms with Crippen molar-refractivity contribution in [2.45, 2.75) is 26.7 Å². The highest BCUT2D eigenvalue weighted by Crippen LogP contribution is 2.31. The molecule has 0 aromatic rings. The lowest BCUT2D eigenvalue weighted by Gasteiger charge is -2.17. The minimum atomic E-state index is -0.513. The van der Waals surface area contributed by atoms with Crippen molar-refractivity contribution >= 4 is 11.8 Å². The zero-order valence-electron chi connectivity index (χ0n) is 10.9. The minimum absolute atomic E-state index is 0.0422. The van der Waals surface area contributed by atoms with Gasteiger partial charge in [-0.15, -0.1) is 0 Å². The summed E-state index contributed by atoms with van der Waals surface area (Å²) < 4.78 is 4.90. The van der Waals surface area contributed by atoms with Crippen LogP contribution in [0, 0.1) is 5.41 Å². The Morgan fingerprint density at radius 1 is 1.35 bits per heavy atom. The minimum Gasteiger partial charge on any atom is -0.383 e. The molecule has 0 bridgehead atoms. The molecule has 1 aliphatic rings. The second kappa shape index (κ2) is 6.12. The van der Waals surface area contributed by atoms with Crippen molar-refractivity contribution in [3.63, 3.8) is 0 Å². The highest BCUT2D eigenvalue weighted by atomic mass is 16.5. The van der Waals surface area contributed by atoms with Crippen LogP contribution >= 0.6 is 0 Å². The van der Waals surface area contributed by atoms with Crippen LogP contribution in [0.15, 0.2) is 0 Å². The standard InChI is InChI=1S/C12H22N2O3/c1-12(2)9-10(15)14(11(12)16)7-4-5-13-6-8-17-3/h13H,4-9H2,1-3H3. The Kier molecular flexibility index (Phi) is 5.08. The number of likely N-dealkylation sites (tertiary alicyclic amines) is 1. The highest BCUT2D eigenvalue weighted by Gasteiger charge is 2.44. The second-order valence-corrected chi connectivity index (χ2v) is 5.01. The van der Waals surface area contributed by atoms with Crippen LogP contribution in [0.25, 0.3) is 0 Å². The van der Waals surface area contributed by atoms with E-state index >= 15 is 0 Å². The Hall–Kier alpha value is -0.940. The molecule has 1 rings (SSSR count). The highest BCUT2D eigenvalue weighted by molar-refractivity contribution is 6.05. The molecule has 0 aliphatic carbocycles. The van der Waals surface area contributed by atoms with E-state index in [-0.39, 0.29) is 11.8 Å². The summed E-state index contributed by atoms with van der Waals surface area (Å²) in [7, 11) is 1.66. The summed E-state index contributed by atoms with van der Waals surface area (Å²) in [6.45, 7) is 6.43. The van der Waals surface area contributed by atoms with Gasteiger partial charge in [-0.1, -0.05) is 13.8 Å². The van der Waals surface area contributed by atoms with Crippen molar-refractivity contribution in [1.82, 2.24) is 10.2 Å². The van der Waals surface area contributed by atoms with E-state index in [1.165, 1.54) is 4.90 Å². The number of amides is 2. The summed E-state index contributed by atoms with van der Waals surface area (Å²) >= 11 is 0. The van der Waals surface area contributed by atoms with Gasteiger partial charge < -0.3 is 10.1 Å². The van der Waals surface area contributed by atoms with Crippen molar-refractivity contribution in [2.75, 3.05) is 33.4 Å². The molecule has 1 saturated heterocycles. The average molecular weight is 242 g/mol. The van der Waals surface area contributed by atoms with E-state index in [2.05, 4.69) is 5.32 Å². The predicted octanol–water partition coefficient (Wildman–Crippen LogP) is 0.398. The van der Waals surface area contributed by atoms with Crippen LogP contribution in [0.1, 0.15) is 26.7 Å². The van der Waals surface area contributed by atoms with Crippen molar-refractivity contribution < 1.29 is 14.3 Å². The van der Waals surface area contributed by atoms with E-state index in [1.807, 2.05) is 13.8 Å². The van der Waals surface area contributed by atoms with Gasteiger partial charge in [-0.05, 0) is 13.0 Å². The lowest BCUT2D eigenvalue weighted by Crippen LogP contribution is -2.35. The van der Waals surface area contributed by atoms with E-state index in [1.54, 1.807) is 7.11 Å². The number of methoxy groups -OCH3 is 1. The molecule has 98 valence electrons. The maximum Gasteiger partial charge on any atom is 0.235 e. The van der Waals surface area contributed by atoms with Gasteiger partial charge in [0.15, 0.2) is 0 Å². The number of imide groups is 1. The molecule has 0 aromatic carbocycles. The zero-order chi connectivity index (χ0) is 12.9. The number of ether oxygens (including phenoxy) is 1. The number of hydrogen-bond acceptors (Lipinski definition) is 4. The van der Waals surface area contributed by atoms with Gasteiger partial charge in [-0.2, -0.15) is 0 Å². The van der Waals surface area contributed by atoms with Gasteiger partial charge in [0.25, 0.3) is 0 Å². The first-order valence-electron chi connectivity index (χ1n) is 6.03. The quantitative estimate of drug-likeness (QED) is 0.518. The first kappa shape index (κ1) is 14.1. The van der Waals surface area contributed by atoms with Crippen molar-refractivity contribution in [1.29, 1.82) is 0 Å². The second-order valence-electron chi connectivity index (χ2n) is 5.01. The third-order valence-corrected chi connectivity index (χ3v) is 2.94. The summed E-state index contributed by atoms with van der Waals surface area (Å²) in [5.74, 6) is -0.0868. The summed E-state index contributed by atoms with van der Waals surface area (Å²) in [4.78, 5) is 24.9. The van der Waals surface area contributed by atoms with E-state index < -0.39 is 5.41 Å². The third-order valence-electron chi connectivity index (χ3n) is 2.94. The topological polar surface area (TPSA) is 58.6 Å². The van der Waals surface area contributed by atoms with Gasteiger partial charge >= 0.3 is 0 Å². The molecule has 1 fully saturated rings. The van der Waals surface area contributed by atoms with E-state index in [9.17, 15) is 9.59 Å². The maximum atomic E-state index is 11.9. The number of rotatable bonds is 7. The fourth-order valence-electron chi connectivity index (χ4n) is 1.92. The van der Waals surface area contributed by atoms with Gasteiger partial charge in [0.1, 0.15) is 0 Å². The average Bonchev–Trinajstić information content (AvgIpc) is 2.44. The molecule has 1 heterocycles. The Balaban J connectivity index is 2.24. The van der Waals surface area contributed by atoms with Crippen molar-refractivity contribution in [2.24, 2.45) is 5.41 Å². The lowest BCUT2D eigenvalue weighted by molar-refractivity contribution is -0.140. The number of hydrogen-bond donors (Lipinski definition) is 1. The smallest absolute Gasteiger partial charge is 0.235 e. The summed E-state index contributed by atoms with van der Waals surface area (Å²) in [6, 6.07) is 0. The fourth-order valence-corrected chi connectivity index (χ4v) is 1.92. The Morgan fingerprint density at radius 3 is 2.59 bits per heavy atom. The lowest BCUT2D eigenvalue weighted by atomic mass is 9.92. The molecule has 0 spiro atoms. The third kappa shape index (κ3) is 3.78. The summed E-state index contributed by atoms with van der Waals surface area (Å²) in [5, 5.41) is 3.19. The fraction of sp³-hybridized carbons (Fsp3) is 0.833. The normalized spacial score (nSPS) is 19.1. The van der Waals surface area contributed by atoms with Gasteiger partial charge in [0.05, 0.1) is 12.0 Å². The predicted molar refractivity (Wildman–Crippen MR) is 64.5 cm³/mol. The van der Waals surface area contributed by atoms with Gasteiger partial charge in [-0.3, -0.25) is 14.5 Å². The summed E-state index contributed by atoms with van der Waals surface area (Å²) in [5.41, 5.74) is -0.513. The molecule has 1 N–H and O–H groups in total. The number of nitrogens with zero attached hydrogens (tertiary/aromatic N) is 1. The van der Waals surface area contributed by atoms with Crippen LogP contribution in [0.3, 0.4) is 0 Å². The molecule has 0 atom stereocenters. The van der Waals surface area contributed by atoms with Crippen LogP contribution in [0.4, 0.5) is 0 Å². The first-order chi connectivity index (χ1) is 7.99. The molecule has 1 aliphatic heterocycles. The number of carbonyl (C=O) groups excluding carboxylic acids is 2. The number of carbonyl (C=O) groups is 2. The number of nitrogens with one attached hydrogen (secondary N) is 1. The van der Waals surface area contributed by atoms with E-state index in [0.29, 0.717) is 19.6 Å². The summed E-state index contributed by atoms with van der Waals surface area (Å²) in [6.07, 6.45) is 1.13. The molecular formula is C12H22N2O3. The maximum absolute atomic E-state index is 11.9. The Morgan fingerprint density at radius 2 is 2.06 bits per heavy atom. The van der Waals surface area contributed by atoms with Crippen LogP contribution in [0.2, 0.25) is 0 Å². The largest absolute Gasteiger partial charge is 0.383 e. The Bertz CT molecular complexity index is 289. The molecule has 0 aromatic heterocycles. The van der Waals surface area contributed by atoms with Crippen molar-refractivity contribution in [3.8, 4) is 0 Å². The van der Waals surface area contributed by atoms with E-state index in [0.717, 1.165) is 19.5 Å². The van der Waals surface area contributed by atoms with Gasteiger partial charge in [0.2, 0.25) is 11.8 Å². The molecule has 0 saturated carbocycles. The molecule has 5 heteroatoms. The van der Waals surface area contributed by atoms with Crippen LogP contribution in [0.5, 0.6) is 0 Å². The SMILES string of the molecule is COCCNCCCN1C(=O)CC(C)(C)C1=O. The molecule has 2 amide bonds. The van der Waals surface area contributed by atoms with E-state index in [4.69, 9.17) is 4.74 Å². The molecular weight excluding hydrogens is 220 g/mol. The van der Waals surface area contributed by atoms with Gasteiger partial charge in [0, 0.05) is 26.6 Å². The Labute approximate surface area is 102 Å². The monoisotopic (exact) mass is 242 g/mol. The molecule has 0 radical (unpaired) electrons. The van der Waals surface area contributed by atoms with Crippen LogP contribution < -0.4 is 5.32 Å². The van der Waals surface area contributed by atoms with Crippen LogP contribution in [-0.4, -0.2) is 50.1 Å². The molecule has 5 nitrogen and oxygen atoms in total. The van der Waals surface area contributed by atoms with Gasteiger partial charge in [-0.25, -0.2) is 0 Å². The molecule has 0 unspecified atom stereocenters. The molecule has 17 heavy (non-hydrogen) atoms. The van der Waals surface area contributed by atoms with Crippen LogP contribution in [-0.2, 0) is 14.3 Å². The zero-order valence-corrected chi connectivity index (χ0v) is 10.9.